The standard InChI is InChI=1S/C20H26N2O2/c1-15-5-4-7-18-17(15)8-11-21(18)14-19(23)22-12-10-20(24)9-3-2-6-16(20)13-22/h4-5,7-8,11,16,24H,2-3,6,9-10,12-14H2,1H3/t16-,20+/m1/s1. The van der Waals surface area contributed by atoms with Crippen LogP contribution in [0.25, 0.3) is 10.9 Å². The Kier molecular flexibility index (Phi) is 3.87. The first-order valence-electron chi connectivity index (χ1n) is 9.11. The third-order valence-electron chi connectivity index (χ3n) is 6.12. The predicted octanol–water partition coefficient (Wildman–Crippen LogP) is 3.10. The lowest BCUT2D eigenvalue weighted by Crippen LogP contribution is -2.55. The van der Waals surface area contributed by atoms with Crippen molar-refractivity contribution in [3.63, 3.8) is 0 Å². The van der Waals surface area contributed by atoms with Gasteiger partial charge in [0.25, 0.3) is 0 Å². The first-order chi connectivity index (χ1) is 11.6. The highest BCUT2D eigenvalue weighted by molar-refractivity contribution is 5.85. The number of carbonyl (C=O) groups excluding carboxylic acids is 1. The summed E-state index contributed by atoms with van der Waals surface area (Å²) >= 11 is 0. The third kappa shape index (κ3) is 2.63. The molecule has 0 bridgehead atoms. The van der Waals surface area contributed by atoms with E-state index in [1.807, 2.05) is 21.7 Å². The van der Waals surface area contributed by atoms with Crippen molar-refractivity contribution >= 4 is 16.8 Å². The van der Waals surface area contributed by atoms with Crippen molar-refractivity contribution < 1.29 is 9.90 Å². The van der Waals surface area contributed by atoms with Crippen LogP contribution in [-0.4, -0.2) is 39.2 Å². The van der Waals surface area contributed by atoms with Crippen molar-refractivity contribution in [2.45, 2.75) is 51.2 Å². The highest BCUT2D eigenvalue weighted by atomic mass is 16.3. The molecule has 128 valence electrons. The van der Waals surface area contributed by atoms with Crippen LogP contribution in [0.2, 0.25) is 0 Å². The van der Waals surface area contributed by atoms with Gasteiger partial charge in [0.1, 0.15) is 6.54 Å². The van der Waals surface area contributed by atoms with Crippen LogP contribution in [0.1, 0.15) is 37.7 Å². The van der Waals surface area contributed by atoms with Crippen LogP contribution < -0.4 is 0 Å². The quantitative estimate of drug-likeness (QED) is 0.922. The highest BCUT2D eigenvalue weighted by Crippen LogP contribution is 2.39. The van der Waals surface area contributed by atoms with Gasteiger partial charge in [-0.1, -0.05) is 25.0 Å². The summed E-state index contributed by atoms with van der Waals surface area (Å²) in [6, 6.07) is 8.31. The summed E-state index contributed by atoms with van der Waals surface area (Å²) in [5.41, 5.74) is 1.84. The molecule has 2 aromatic rings. The Bertz CT molecular complexity index is 766. The van der Waals surface area contributed by atoms with Crippen molar-refractivity contribution in [1.29, 1.82) is 0 Å². The molecule has 1 amide bonds. The maximum atomic E-state index is 12.8. The third-order valence-corrected chi connectivity index (χ3v) is 6.12. The molecule has 1 saturated heterocycles. The first-order valence-corrected chi connectivity index (χ1v) is 9.11. The number of hydrogen-bond acceptors (Lipinski definition) is 2. The molecule has 0 radical (unpaired) electrons. The van der Waals surface area contributed by atoms with Gasteiger partial charge in [0.2, 0.25) is 5.91 Å². The largest absolute Gasteiger partial charge is 0.389 e. The zero-order valence-corrected chi connectivity index (χ0v) is 14.4. The van der Waals surface area contributed by atoms with Crippen LogP contribution in [0, 0.1) is 12.8 Å². The summed E-state index contributed by atoms with van der Waals surface area (Å²) in [5, 5.41) is 12.0. The average Bonchev–Trinajstić information content (AvgIpc) is 2.98. The number of piperidine rings is 1. The van der Waals surface area contributed by atoms with E-state index < -0.39 is 5.60 Å². The van der Waals surface area contributed by atoms with Crippen molar-refractivity contribution in [2.75, 3.05) is 13.1 Å². The zero-order valence-electron chi connectivity index (χ0n) is 14.4. The van der Waals surface area contributed by atoms with Crippen LogP contribution in [0.3, 0.4) is 0 Å². The number of benzene rings is 1. The second kappa shape index (κ2) is 5.92. The zero-order chi connectivity index (χ0) is 16.7. The molecule has 2 fully saturated rings. The van der Waals surface area contributed by atoms with Gasteiger partial charge in [-0.25, -0.2) is 0 Å². The van der Waals surface area contributed by atoms with E-state index >= 15 is 0 Å². The van der Waals surface area contributed by atoms with Crippen LogP contribution >= 0.6 is 0 Å². The lowest BCUT2D eigenvalue weighted by Gasteiger charge is -2.47. The predicted molar refractivity (Wildman–Crippen MR) is 94.8 cm³/mol. The summed E-state index contributed by atoms with van der Waals surface area (Å²) in [6.07, 6.45) is 6.99. The Morgan fingerprint density at radius 2 is 2.17 bits per heavy atom. The molecule has 0 unspecified atom stereocenters. The van der Waals surface area contributed by atoms with Gasteiger partial charge < -0.3 is 14.6 Å². The minimum Gasteiger partial charge on any atom is -0.389 e. The summed E-state index contributed by atoms with van der Waals surface area (Å²) in [7, 11) is 0. The van der Waals surface area contributed by atoms with E-state index in [2.05, 4.69) is 25.1 Å². The molecule has 1 aliphatic carbocycles. The number of hydrogen-bond donors (Lipinski definition) is 1. The van der Waals surface area contributed by atoms with Gasteiger partial charge >= 0.3 is 0 Å². The minimum absolute atomic E-state index is 0.168. The van der Waals surface area contributed by atoms with Gasteiger partial charge in [0, 0.05) is 36.1 Å². The summed E-state index contributed by atoms with van der Waals surface area (Å²) in [5.74, 6) is 0.425. The maximum Gasteiger partial charge on any atom is 0.242 e. The Morgan fingerprint density at radius 1 is 1.29 bits per heavy atom. The van der Waals surface area contributed by atoms with Gasteiger partial charge in [0.05, 0.1) is 5.60 Å². The van der Waals surface area contributed by atoms with E-state index in [0.717, 1.165) is 31.2 Å². The maximum absolute atomic E-state index is 12.8. The van der Waals surface area contributed by atoms with Gasteiger partial charge in [-0.05, 0) is 43.9 Å². The van der Waals surface area contributed by atoms with Crippen LogP contribution in [0.15, 0.2) is 30.5 Å². The number of aliphatic hydroxyl groups is 1. The Balaban J connectivity index is 1.49. The molecule has 4 rings (SSSR count). The minimum atomic E-state index is -0.522. The Labute approximate surface area is 143 Å². The second-order valence-electron chi connectivity index (χ2n) is 7.59. The smallest absolute Gasteiger partial charge is 0.242 e. The molecule has 1 aromatic carbocycles. The molecule has 2 heterocycles. The normalized spacial score (nSPS) is 27.2. The number of fused-ring (bicyclic) bond motifs is 2. The highest BCUT2D eigenvalue weighted by Gasteiger charge is 2.43. The monoisotopic (exact) mass is 326 g/mol. The number of aryl methyl sites for hydroxylation is 1. The summed E-state index contributed by atoms with van der Waals surface area (Å²) < 4.78 is 2.05. The van der Waals surface area contributed by atoms with Crippen LogP contribution in [0.5, 0.6) is 0 Å². The molecule has 2 aliphatic rings. The summed E-state index contributed by atoms with van der Waals surface area (Å²) in [6.45, 7) is 3.89. The molecule has 1 aliphatic heterocycles. The second-order valence-corrected chi connectivity index (χ2v) is 7.59. The number of rotatable bonds is 2. The molecular weight excluding hydrogens is 300 g/mol. The van der Waals surface area contributed by atoms with Crippen molar-refractivity contribution in [1.82, 2.24) is 9.47 Å². The summed E-state index contributed by atoms with van der Waals surface area (Å²) in [4.78, 5) is 14.8. The van der Waals surface area contributed by atoms with E-state index in [9.17, 15) is 9.90 Å². The molecule has 1 saturated carbocycles. The Hall–Kier alpha value is -1.81. The fourth-order valence-electron chi connectivity index (χ4n) is 4.56. The van der Waals surface area contributed by atoms with Crippen molar-refractivity contribution in [3.05, 3.63) is 36.0 Å². The van der Waals surface area contributed by atoms with Crippen molar-refractivity contribution in [2.24, 2.45) is 5.92 Å². The fourth-order valence-corrected chi connectivity index (χ4v) is 4.56. The average molecular weight is 326 g/mol. The van der Waals surface area contributed by atoms with Gasteiger partial charge in [0.15, 0.2) is 0 Å². The van der Waals surface area contributed by atoms with Crippen LogP contribution in [-0.2, 0) is 11.3 Å². The molecule has 4 heteroatoms. The molecule has 24 heavy (non-hydrogen) atoms. The fraction of sp³-hybridized carbons (Fsp3) is 0.550. The van der Waals surface area contributed by atoms with E-state index in [-0.39, 0.29) is 11.8 Å². The first kappa shape index (κ1) is 15.7. The van der Waals surface area contributed by atoms with E-state index in [1.54, 1.807) is 0 Å². The number of likely N-dealkylation sites (tertiary alicyclic amines) is 1. The van der Waals surface area contributed by atoms with E-state index in [1.165, 1.54) is 17.4 Å². The van der Waals surface area contributed by atoms with Gasteiger partial charge in [-0.15, -0.1) is 0 Å². The Morgan fingerprint density at radius 3 is 3.04 bits per heavy atom. The lowest BCUT2D eigenvalue weighted by molar-refractivity contribution is -0.143. The number of carbonyl (C=O) groups is 1. The molecular formula is C20H26N2O2. The molecule has 2 atom stereocenters. The SMILES string of the molecule is Cc1cccc2c1ccn2CC(=O)N1CC[C@@]2(O)CCCC[C@@H]2C1. The topological polar surface area (TPSA) is 45.5 Å². The lowest BCUT2D eigenvalue weighted by atomic mass is 9.71. The molecule has 1 N–H and O–H groups in total. The van der Waals surface area contributed by atoms with Crippen LogP contribution in [0.4, 0.5) is 0 Å². The van der Waals surface area contributed by atoms with Gasteiger partial charge in [-0.2, -0.15) is 0 Å². The molecule has 1 aromatic heterocycles. The number of nitrogens with zero attached hydrogens (tertiary/aromatic N) is 2. The number of amides is 1. The van der Waals surface area contributed by atoms with Gasteiger partial charge in [-0.3, -0.25) is 4.79 Å². The number of aromatic nitrogens is 1. The van der Waals surface area contributed by atoms with E-state index in [4.69, 9.17) is 0 Å². The van der Waals surface area contributed by atoms with Crippen molar-refractivity contribution in [3.8, 4) is 0 Å². The molecule has 4 nitrogen and oxygen atoms in total. The van der Waals surface area contributed by atoms with E-state index in [0.29, 0.717) is 19.6 Å². The molecule has 0 spiro atoms.